The Hall–Kier alpha value is -1.32. The van der Waals surface area contributed by atoms with Gasteiger partial charge >= 0.3 is 0 Å². The van der Waals surface area contributed by atoms with Crippen LogP contribution in [0.4, 0.5) is 11.6 Å². The van der Waals surface area contributed by atoms with Gasteiger partial charge < -0.3 is 10.2 Å². The first-order valence-electron chi connectivity index (χ1n) is 7.85. The van der Waals surface area contributed by atoms with Crippen molar-refractivity contribution in [2.75, 3.05) is 23.3 Å². The molecule has 0 bridgehead atoms. The third-order valence-electron chi connectivity index (χ3n) is 3.88. The summed E-state index contributed by atoms with van der Waals surface area (Å²) in [5, 5.41) is 3.34. The molecule has 1 N–H and O–H groups in total. The lowest BCUT2D eigenvalue weighted by Gasteiger charge is -2.27. The number of hydrogen-bond acceptors (Lipinski definition) is 4. The van der Waals surface area contributed by atoms with Gasteiger partial charge in [-0.3, -0.25) is 0 Å². The molecule has 0 spiro atoms. The van der Waals surface area contributed by atoms with Crippen LogP contribution in [0.5, 0.6) is 0 Å². The topological polar surface area (TPSA) is 41.0 Å². The third kappa shape index (κ3) is 3.22. The van der Waals surface area contributed by atoms with Crippen LogP contribution in [-0.2, 0) is 5.41 Å². The molecule has 1 aliphatic heterocycles. The Labute approximate surface area is 123 Å². The largest absolute Gasteiger partial charge is 0.370 e. The molecule has 2 heterocycles. The summed E-state index contributed by atoms with van der Waals surface area (Å²) in [6.45, 7) is 12.9. The van der Waals surface area contributed by atoms with Crippen LogP contribution in [0.1, 0.15) is 59.7 Å². The fraction of sp³-hybridized carbons (Fsp3) is 0.750. The second-order valence-corrected chi connectivity index (χ2v) is 6.61. The molecule has 1 saturated heterocycles. The van der Waals surface area contributed by atoms with E-state index in [9.17, 15) is 0 Å². The lowest BCUT2D eigenvalue weighted by atomic mass is 9.95. The number of rotatable bonds is 4. The Kier molecular flexibility index (Phi) is 4.51. The minimum atomic E-state index is -0.0262. The Morgan fingerprint density at radius 2 is 2.05 bits per heavy atom. The predicted octanol–water partition coefficient (Wildman–Crippen LogP) is 3.58. The van der Waals surface area contributed by atoms with Crippen LogP contribution in [0.3, 0.4) is 0 Å². The molecule has 1 unspecified atom stereocenters. The molecule has 4 nitrogen and oxygen atoms in total. The lowest BCUT2D eigenvalue weighted by molar-refractivity contribution is 0.542. The fourth-order valence-electron chi connectivity index (χ4n) is 2.75. The molecule has 112 valence electrons. The van der Waals surface area contributed by atoms with E-state index >= 15 is 0 Å². The lowest BCUT2D eigenvalue weighted by Crippen LogP contribution is -2.30. The third-order valence-corrected chi connectivity index (χ3v) is 3.88. The van der Waals surface area contributed by atoms with Crippen LogP contribution in [0.2, 0.25) is 0 Å². The van der Waals surface area contributed by atoms with Crippen molar-refractivity contribution in [3.8, 4) is 0 Å². The summed E-state index contributed by atoms with van der Waals surface area (Å²) in [6.07, 6.45) is 3.73. The van der Waals surface area contributed by atoms with Gasteiger partial charge in [-0.05, 0) is 26.2 Å². The normalized spacial score (nSPS) is 19.4. The zero-order chi connectivity index (χ0) is 14.8. The van der Waals surface area contributed by atoms with Gasteiger partial charge in [0.05, 0.1) is 0 Å². The van der Waals surface area contributed by atoms with E-state index in [-0.39, 0.29) is 5.41 Å². The molecule has 0 radical (unpaired) electrons. The van der Waals surface area contributed by atoms with E-state index < -0.39 is 0 Å². The molecule has 0 saturated carbocycles. The molecule has 20 heavy (non-hydrogen) atoms. The summed E-state index contributed by atoms with van der Waals surface area (Å²) in [7, 11) is 0. The summed E-state index contributed by atoms with van der Waals surface area (Å²) in [5.41, 5.74) is -0.0262. The van der Waals surface area contributed by atoms with Crippen LogP contribution in [-0.4, -0.2) is 29.1 Å². The van der Waals surface area contributed by atoms with Crippen molar-refractivity contribution in [3.05, 3.63) is 11.9 Å². The van der Waals surface area contributed by atoms with E-state index in [1.165, 1.54) is 19.3 Å². The highest BCUT2D eigenvalue weighted by Gasteiger charge is 2.26. The van der Waals surface area contributed by atoms with E-state index in [2.05, 4.69) is 55.9 Å². The molecule has 4 heteroatoms. The first-order valence-corrected chi connectivity index (χ1v) is 7.85. The Balaban J connectivity index is 2.38. The Morgan fingerprint density at radius 3 is 2.65 bits per heavy atom. The molecular weight excluding hydrogens is 248 g/mol. The SMILES string of the molecule is CCNc1cc(N2CCCC2CC)nc(C(C)(C)C)n1. The minimum Gasteiger partial charge on any atom is -0.370 e. The number of nitrogens with one attached hydrogen (secondary N) is 1. The van der Waals surface area contributed by atoms with Crippen molar-refractivity contribution >= 4 is 11.6 Å². The van der Waals surface area contributed by atoms with Gasteiger partial charge in [0.15, 0.2) is 0 Å². The maximum atomic E-state index is 4.84. The summed E-state index contributed by atoms with van der Waals surface area (Å²) < 4.78 is 0. The Morgan fingerprint density at radius 1 is 1.30 bits per heavy atom. The molecule has 1 aliphatic rings. The van der Waals surface area contributed by atoms with E-state index in [4.69, 9.17) is 4.98 Å². The number of hydrogen-bond donors (Lipinski definition) is 1. The zero-order valence-corrected chi connectivity index (χ0v) is 13.5. The first kappa shape index (κ1) is 15.1. The maximum absolute atomic E-state index is 4.84. The van der Waals surface area contributed by atoms with Crippen LogP contribution in [0, 0.1) is 0 Å². The summed E-state index contributed by atoms with van der Waals surface area (Å²) in [5.74, 6) is 2.96. The van der Waals surface area contributed by atoms with Crippen molar-refractivity contribution in [2.45, 2.75) is 65.3 Å². The predicted molar refractivity (Wildman–Crippen MR) is 85.6 cm³/mol. The van der Waals surface area contributed by atoms with Gasteiger partial charge in [-0.1, -0.05) is 27.7 Å². The molecule has 0 aromatic carbocycles. The number of nitrogens with zero attached hydrogens (tertiary/aromatic N) is 3. The van der Waals surface area contributed by atoms with Gasteiger partial charge in [0.2, 0.25) is 0 Å². The molecule has 1 aromatic heterocycles. The molecule has 1 aromatic rings. The quantitative estimate of drug-likeness (QED) is 0.912. The van der Waals surface area contributed by atoms with Gasteiger partial charge in [0.1, 0.15) is 17.5 Å². The van der Waals surface area contributed by atoms with E-state index in [0.717, 1.165) is 30.5 Å². The van der Waals surface area contributed by atoms with E-state index in [1.54, 1.807) is 0 Å². The highest BCUT2D eigenvalue weighted by molar-refractivity contribution is 5.51. The first-order chi connectivity index (χ1) is 9.45. The van der Waals surface area contributed by atoms with E-state index in [0.29, 0.717) is 6.04 Å². The molecule has 1 atom stereocenters. The molecule has 2 rings (SSSR count). The van der Waals surface area contributed by atoms with Crippen molar-refractivity contribution < 1.29 is 0 Å². The van der Waals surface area contributed by atoms with Crippen molar-refractivity contribution in [2.24, 2.45) is 0 Å². The average Bonchev–Trinajstić information content (AvgIpc) is 2.86. The van der Waals surface area contributed by atoms with Gasteiger partial charge in [-0.25, -0.2) is 9.97 Å². The molecule has 0 aliphatic carbocycles. The molecule has 1 fully saturated rings. The number of aromatic nitrogens is 2. The van der Waals surface area contributed by atoms with Gasteiger partial charge in [0, 0.05) is 30.6 Å². The average molecular weight is 276 g/mol. The van der Waals surface area contributed by atoms with Crippen LogP contribution < -0.4 is 10.2 Å². The summed E-state index contributed by atoms with van der Waals surface area (Å²) in [6, 6.07) is 2.74. The minimum absolute atomic E-state index is 0.0262. The van der Waals surface area contributed by atoms with Crippen LogP contribution in [0.25, 0.3) is 0 Å². The summed E-state index contributed by atoms with van der Waals surface area (Å²) >= 11 is 0. The zero-order valence-electron chi connectivity index (χ0n) is 13.5. The fourth-order valence-corrected chi connectivity index (χ4v) is 2.75. The number of anilines is 2. The monoisotopic (exact) mass is 276 g/mol. The van der Waals surface area contributed by atoms with Crippen molar-refractivity contribution in [1.82, 2.24) is 9.97 Å². The van der Waals surface area contributed by atoms with Gasteiger partial charge in [0.25, 0.3) is 0 Å². The van der Waals surface area contributed by atoms with Gasteiger partial charge in [-0.15, -0.1) is 0 Å². The van der Waals surface area contributed by atoms with Crippen molar-refractivity contribution in [3.63, 3.8) is 0 Å². The van der Waals surface area contributed by atoms with Crippen LogP contribution in [0.15, 0.2) is 6.07 Å². The molecule has 0 amide bonds. The highest BCUT2D eigenvalue weighted by atomic mass is 15.2. The molecular formula is C16H28N4. The van der Waals surface area contributed by atoms with Crippen molar-refractivity contribution in [1.29, 1.82) is 0 Å². The maximum Gasteiger partial charge on any atom is 0.138 e. The van der Waals surface area contributed by atoms with Crippen LogP contribution >= 0.6 is 0 Å². The standard InChI is InChI=1S/C16H28N4/c1-6-12-9-8-10-20(12)14-11-13(17-7-2)18-15(19-14)16(3,4)5/h11-12H,6-10H2,1-5H3,(H,17,18,19). The summed E-state index contributed by atoms with van der Waals surface area (Å²) in [4.78, 5) is 12.0. The van der Waals surface area contributed by atoms with Gasteiger partial charge in [-0.2, -0.15) is 0 Å². The second kappa shape index (κ2) is 5.98. The van der Waals surface area contributed by atoms with E-state index in [1.807, 2.05) is 0 Å². The Bertz CT molecular complexity index is 450. The highest BCUT2D eigenvalue weighted by Crippen LogP contribution is 2.29. The smallest absolute Gasteiger partial charge is 0.138 e. The second-order valence-electron chi connectivity index (χ2n) is 6.61.